The summed E-state index contributed by atoms with van der Waals surface area (Å²) in [5, 5.41) is 10.9. The van der Waals surface area contributed by atoms with E-state index in [1.165, 1.54) is 0 Å². The lowest BCUT2D eigenvalue weighted by Gasteiger charge is -2.62. The van der Waals surface area contributed by atoms with Gasteiger partial charge in [0.25, 0.3) is 0 Å². The molecule has 20 heavy (non-hydrogen) atoms. The highest BCUT2D eigenvalue weighted by Gasteiger charge is 2.57. The van der Waals surface area contributed by atoms with E-state index in [4.69, 9.17) is 0 Å². The zero-order chi connectivity index (χ0) is 15.1. The predicted octanol–water partition coefficient (Wildman–Crippen LogP) is 1.64. The highest BCUT2D eigenvalue weighted by atomic mass is 32.2. The third-order valence-corrected chi connectivity index (χ3v) is 5.62. The molecule has 3 aliphatic rings. The smallest absolute Gasteiger partial charge is 0.397 e. The van der Waals surface area contributed by atoms with Crippen molar-refractivity contribution in [2.24, 2.45) is 23.2 Å². The molecule has 1 N–H and O–H groups in total. The van der Waals surface area contributed by atoms with Gasteiger partial charge in [-0.1, -0.05) is 20.8 Å². The van der Waals surface area contributed by atoms with Crippen molar-refractivity contribution in [2.75, 3.05) is 0 Å². The van der Waals surface area contributed by atoms with Crippen LogP contribution in [0.1, 0.15) is 33.6 Å². The van der Waals surface area contributed by atoms with Gasteiger partial charge >= 0.3 is 11.2 Å². The van der Waals surface area contributed by atoms with E-state index in [0.29, 0.717) is 18.3 Å². The number of carbonyl (C=O) groups excluding carboxylic acids is 1. The highest BCUT2D eigenvalue weighted by Crippen LogP contribution is 2.61. The minimum absolute atomic E-state index is 0.149. The molecular weight excluding hydrogens is 292 g/mol. The Morgan fingerprint density at radius 1 is 1.45 bits per heavy atom. The van der Waals surface area contributed by atoms with Crippen LogP contribution in [0.3, 0.4) is 0 Å². The van der Waals surface area contributed by atoms with Gasteiger partial charge in [0, 0.05) is 6.04 Å². The topological polar surface area (TPSA) is 70.6 Å². The number of halogens is 2. The monoisotopic (exact) mass is 310 g/mol. The number of rotatable bonds is 5. The largest absolute Gasteiger partial charge is 0.691 e. The third kappa shape index (κ3) is 2.66. The number of hydrogen-bond acceptors (Lipinski definition) is 5. The SMILES string of the molecule is CC1C(NC(=O)C(F)(F)SOO[O-])CC2CC1C2(C)C. The molecule has 2 bridgehead atoms. The molecule has 8 heteroatoms. The fourth-order valence-electron chi connectivity index (χ4n) is 3.69. The van der Waals surface area contributed by atoms with E-state index in [9.17, 15) is 18.8 Å². The summed E-state index contributed by atoms with van der Waals surface area (Å²) in [6, 6.07) is -0.265. The molecule has 4 atom stereocenters. The molecule has 0 heterocycles. The fourth-order valence-corrected chi connectivity index (χ4v) is 3.94. The van der Waals surface area contributed by atoms with Gasteiger partial charge in [-0.3, -0.25) is 9.83 Å². The van der Waals surface area contributed by atoms with Crippen LogP contribution in [-0.4, -0.2) is 17.2 Å². The van der Waals surface area contributed by atoms with Crippen molar-refractivity contribution in [3.05, 3.63) is 0 Å². The number of nitrogens with one attached hydrogen (secondary N) is 1. The quantitative estimate of drug-likeness (QED) is 0.475. The summed E-state index contributed by atoms with van der Waals surface area (Å²) in [6.07, 6.45) is 1.80. The molecule has 0 aliphatic heterocycles. The van der Waals surface area contributed by atoms with Crippen LogP contribution in [0, 0.1) is 23.2 Å². The van der Waals surface area contributed by atoms with E-state index in [0.717, 1.165) is 6.42 Å². The van der Waals surface area contributed by atoms with Crippen molar-refractivity contribution in [1.82, 2.24) is 5.32 Å². The molecule has 3 saturated carbocycles. The average molecular weight is 310 g/mol. The van der Waals surface area contributed by atoms with Gasteiger partial charge in [-0.05, 0) is 36.0 Å². The second-order valence-corrected chi connectivity index (χ2v) is 7.09. The molecule has 0 aromatic rings. The number of hydrogen-bond donors (Lipinski definition) is 1. The lowest BCUT2D eigenvalue weighted by atomic mass is 9.45. The average Bonchev–Trinajstić information content (AvgIpc) is 2.37. The van der Waals surface area contributed by atoms with Gasteiger partial charge in [-0.2, -0.15) is 13.1 Å². The molecule has 0 aromatic carbocycles. The predicted molar refractivity (Wildman–Crippen MR) is 65.8 cm³/mol. The van der Waals surface area contributed by atoms with E-state index in [2.05, 4.69) is 28.5 Å². The minimum atomic E-state index is -3.85. The van der Waals surface area contributed by atoms with Gasteiger partial charge in [0.2, 0.25) is 0 Å². The Labute approximate surface area is 120 Å². The Morgan fingerprint density at radius 3 is 2.60 bits per heavy atom. The first-order chi connectivity index (χ1) is 9.20. The van der Waals surface area contributed by atoms with Crippen molar-refractivity contribution in [1.29, 1.82) is 0 Å². The summed E-state index contributed by atoms with van der Waals surface area (Å²) >= 11 is -0.592. The second-order valence-electron chi connectivity index (χ2n) is 6.27. The van der Waals surface area contributed by atoms with E-state index in [1.54, 1.807) is 0 Å². The van der Waals surface area contributed by atoms with Crippen molar-refractivity contribution >= 4 is 17.9 Å². The Hall–Kier alpha value is -0.440. The van der Waals surface area contributed by atoms with Crippen molar-refractivity contribution in [2.45, 2.75) is 44.9 Å². The summed E-state index contributed by atoms with van der Waals surface area (Å²) in [7, 11) is 0. The van der Waals surface area contributed by atoms with Gasteiger partial charge in [-0.15, -0.1) is 0 Å². The van der Waals surface area contributed by atoms with Gasteiger partial charge in [-0.25, -0.2) is 0 Å². The molecule has 3 aliphatic carbocycles. The Balaban J connectivity index is 1.93. The molecule has 0 aromatic heterocycles. The molecule has 4 unspecified atom stereocenters. The molecule has 3 rings (SSSR count). The van der Waals surface area contributed by atoms with Crippen LogP contribution >= 0.6 is 12.0 Å². The first-order valence-electron chi connectivity index (χ1n) is 6.53. The highest BCUT2D eigenvalue weighted by molar-refractivity contribution is 7.96. The number of fused-ring (bicyclic) bond motifs is 2. The van der Waals surface area contributed by atoms with E-state index < -0.39 is 23.2 Å². The Morgan fingerprint density at radius 2 is 2.10 bits per heavy atom. The normalized spacial score (nSPS) is 35.3. The maximum atomic E-state index is 13.4. The molecule has 0 radical (unpaired) electrons. The molecule has 1 amide bonds. The lowest BCUT2D eigenvalue weighted by Crippen LogP contribution is -2.61. The molecule has 3 fully saturated rings. The van der Waals surface area contributed by atoms with Crippen molar-refractivity contribution < 1.29 is 28.2 Å². The Kier molecular flexibility index (Phi) is 4.30. The van der Waals surface area contributed by atoms with Crippen molar-refractivity contribution in [3.8, 4) is 0 Å². The summed E-state index contributed by atoms with van der Waals surface area (Å²) in [5.41, 5.74) is 0.220. The summed E-state index contributed by atoms with van der Waals surface area (Å²) in [6.45, 7) is 6.35. The van der Waals surface area contributed by atoms with Crippen LogP contribution in [0.5, 0.6) is 0 Å². The maximum absolute atomic E-state index is 13.4. The number of carbonyl (C=O) groups is 1. The summed E-state index contributed by atoms with van der Waals surface area (Å²) in [5.74, 6) is -0.405. The maximum Gasteiger partial charge on any atom is 0.397 e. The summed E-state index contributed by atoms with van der Waals surface area (Å²) < 4.78 is 30.3. The molecule has 0 saturated heterocycles. The van der Waals surface area contributed by atoms with Gasteiger partial charge in [0.05, 0.1) is 0 Å². The van der Waals surface area contributed by atoms with Gasteiger partial charge in [0.15, 0.2) is 0 Å². The van der Waals surface area contributed by atoms with E-state index >= 15 is 0 Å². The molecular formula is C12H18F2NO4S-. The number of alkyl halides is 2. The van der Waals surface area contributed by atoms with Crippen LogP contribution in [-0.2, 0) is 14.2 Å². The molecule has 116 valence electrons. The van der Waals surface area contributed by atoms with E-state index in [-0.39, 0.29) is 17.4 Å². The Bertz CT molecular complexity index is 394. The summed E-state index contributed by atoms with van der Waals surface area (Å²) in [4.78, 5) is 11.5. The van der Waals surface area contributed by atoms with Gasteiger partial charge in [0.1, 0.15) is 12.0 Å². The van der Waals surface area contributed by atoms with Crippen LogP contribution in [0.25, 0.3) is 0 Å². The molecule has 5 nitrogen and oxygen atoms in total. The first kappa shape index (κ1) is 15.9. The lowest BCUT2D eigenvalue weighted by molar-refractivity contribution is -0.777. The van der Waals surface area contributed by atoms with Gasteiger partial charge < -0.3 is 10.6 Å². The zero-order valence-corrected chi connectivity index (χ0v) is 12.3. The van der Waals surface area contributed by atoms with Crippen molar-refractivity contribution in [3.63, 3.8) is 0 Å². The number of amides is 1. The molecule has 0 spiro atoms. The van der Waals surface area contributed by atoms with Crippen LogP contribution in [0.15, 0.2) is 0 Å². The van der Waals surface area contributed by atoms with Crippen LogP contribution in [0.2, 0.25) is 0 Å². The fraction of sp³-hybridized carbons (Fsp3) is 0.917. The van der Waals surface area contributed by atoms with E-state index in [1.807, 2.05) is 6.92 Å². The standard InChI is InChI=1S/C12H19F2NO4S/c1-6-8-4-7(11(8,2)3)5-9(6)15-10(16)12(13,14)20-19-18-17/h6-9,17H,4-5H2,1-3H3,(H,15,16)/p-1. The second kappa shape index (κ2) is 5.40. The van der Waals surface area contributed by atoms with Crippen LogP contribution in [0.4, 0.5) is 8.78 Å². The van der Waals surface area contributed by atoms with Crippen LogP contribution < -0.4 is 10.6 Å². The third-order valence-electron chi connectivity index (χ3n) is 5.10. The zero-order valence-electron chi connectivity index (χ0n) is 11.5. The first-order valence-corrected chi connectivity index (χ1v) is 7.27. The minimum Gasteiger partial charge on any atom is -0.691 e.